The number of carboxylic acid groups (broad SMARTS) is 1. The van der Waals surface area contributed by atoms with E-state index < -0.39 is 11.6 Å². The second-order valence-corrected chi connectivity index (χ2v) is 6.02. The quantitative estimate of drug-likeness (QED) is 0.933. The Kier molecular flexibility index (Phi) is 4.19. The Morgan fingerprint density at radius 2 is 2.13 bits per heavy atom. The lowest BCUT2D eigenvalue weighted by Gasteiger charge is -2.40. The van der Waals surface area contributed by atoms with Gasteiger partial charge in [0.25, 0.3) is 0 Å². The number of aromatic nitrogens is 1. The van der Waals surface area contributed by atoms with Crippen LogP contribution >= 0.6 is 0 Å². The van der Waals surface area contributed by atoms with Crippen molar-refractivity contribution in [3.63, 3.8) is 0 Å². The molecule has 0 radical (unpaired) electrons. The van der Waals surface area contributed by atoms with Gasteiger partial charge in [-0.05, 0) is 19.4 Å². The van der Waals surface area contributed by atoms with E-state index in [1.807, 2.05) is 30.3 Å². The third-order valence-electron chi connectivity index (χ3n) is 4.26. The highest BCUT2D eigenvalue weighted by Gasteiger charge is 2.34. The molecule has 1 fully saturated rings. The van der Waals surface area contributed by atoms with Crippen LogP contribution in [0, 0.1) is 6.92 Å². The van der Waals surface area contributed by atoms with E-state index in [4.69, 9.17) is 9.26 Å². The van der Waals surface area contributed by atoms with Crippen LogP contribution in [0.2, 0.25) is 0 Å². The summed E-state index contributed by atoms with van der Waals surface area (Å²) in [6.45, 7) is 6.10. The number of carbonyl (C=O) groups is 1. The van der Waals surface area contributed by atoms with Crippen molar-refractivity contribution in [2.24, 2.45) is 0 Å². The molecule has 1 unspecified atom stereocenters. The zero-order chi connectivity index (χ0) is 16.4. The molecule has 1 saturated heterocycles. The van der Waals surface area contributed by atoms with Crippen LogP contribution < -0.4 is 0 Å². The highest BCUT2D eigenvalue weighted by atomic mass is 16.5. The first kappa shape index (κ1) is 15.7. The average Bonchev–Trinajstić information content (AvgIpc) is 2.89. The Morgan fingerprint density at radius 1 is 1.39 bits per heavy atom. The summed E-state index contributed by atoms with van der Waals surface area (Å²) in [6.07, 6.45) is 0. The number of nitrogens with zero attached hydrogens (tertiary/aromatic N) is 2. The molecule has 0 amide bonds. The molecule has 1 aliphatic heterocycles. The van der Waals surface area contributed by atoms with Crippen LogP contribution in [-0.2, 0) is 16.9 Å². The molecule has 1 aromatic carbocycles. The second kappa shape index (κ2) is 6.14. The number of ether oxygens (including phenoxy) is 1. The van der Waals surface area contributed by atoms with Gasteiger partial charge in [0.2, 0.25) is 0 Å². The van der Waals surface area contributed by atoms with Crippen molar-refractivity contribution >= 4 is 5.97 Å². The van der Waals surface area contributed by atoms with Gasteiger partial charge in [0.15, 0.2) is 0 Å². The third kappa shape index (κ3) is 3.13. The van der Waals surface area contributed by atoms with E-state index >= 15 is 0 Å². The molecule has 6 heteroatoms. The molecule has 3 rings (SSSR count). The molecular formula is C17H20N2O4. The maximum absolute atomic E-state index is 11.4. The van der Waals surface area contributed by atoms with Gasteiger partial charge in [-0.15, -0.1) is 0 Å². The standard InChI is InChI=1S/C17H20N2O4/c1-12-15(16(20)21)14(18-23-12)10-19-8-9-22-17(2,11-19)13-6-4-3-5-7-13/h3-7H,8-11H2,1-2H3,(H,20,21). The predicted molar refractivity (Wildman–Crippen MR) is 83.2 cm³/mol. The maximum Gasteiger partial charge on any atom is 0.341 e. The summed E-state index contributed by atoms with van der Waals surface area (Å²) < 4.78 is 11.0. The van der Waals surface area contributed by atoms with E-state index in [-0.39, 0.29) is 5.56 Å². The topological polar surface area (TPSA) is 75.8 Å². The molecule has 1 N–H and O–H groups in total. The van der Waals surface area contributed by atoms with Crippen LogP contribution in [0.15, 0.2) is 34.9 Å². The molecule has 23 heavy (non-hydrogen) atoms. The van der Waals surface area contributed by atoms with Crippen molar-refractivity contribution in [1.29, 1.82) is 0 Å². The van der Waals surface area contributed by atoms with Gasteiger partial charge in [-0.1, -0.05) is 35.5 Å². The number of carboxylic acids is 1. The van der Waals surface area contributed by atoms with Gasteiger partial charge < -0.3 is 14.4 Å². The summed E-state index contributed by atoms with van der Waals surface area (Å²) >= 11 is 0. The predicted octanol–water partition coefficient (Wildman–Crippen LogP) is 2.43. The van der Waals surface area contributed by atoms with Gasteiger partial charge in [-0.3, -0.25) is 4.90 Å². The first-order valence-corrected chi connectivity index (χ1v) is 7.60. The van der Waals surface area contributed by atoms with Crippen molar-refractivity contribution in [2.75, 3.05) is 19.7 Å². The van der Waals surface area contributed by atoms with Crippen LogP contribution in [-0.4, -0.2) is 40.8 Å². The smallest absolute Gasteiger partial charge is 0.341 e. The summed E-state index contributed by atoms with van der Waals surface area (Å²) in [7, 11) is 0. The zero-order valence-corrected chi connectivity index (χ0v) is 13.3. The van der Waals surface area contributed by atoms with Gasteiger partial charge in [0, 0.05) is 19.6 Å². The van der Waals surface area contributed by atoms with Crippen LogP contribution in [0.5, 0.6) is 0 Å². The summed E-state index contributed by atoms with van der Waals surface area (Å²) in [5, 5.41) is 13.2. The molecule has 0 saturated carbocycles. The van der Waals surface area contributed by atoms with Crippen LogP contribution in [0.25, 0.3) is 0 Å². The number of aromatic carboxylic acids is 1. The fourth-order valence-corrected chi connectivity index (χ4v) is 3.06. The number of rotatable bonds is 4. The molecule has 0 spiro atoms. The summed E-state index contributed by atoms with van der Waals surface area (Å²) in [6, 6.07) is 10.1. The minimum absolute atomic E-state index is 0.165. The molecule has 122 valence electrons. The van der Waals surface area contributed by atoms with E-state index in [2.05, 4.69) is 17.0 Å². The first-order chi connectivity index (χ1) is 11.0. The van der Waals surface area contributed by atoms with E-state index in [9.17, 15) is 9.90 Å². The Balaban J connectivity index is 1.79. The first-order valence-electron chi connectivity index (χ1n) is 7.60. The normalized spacial score (nSPS) is 22.2. The lowest BCUT2D eigenvalue weighted by molar-refractivity contribution is -0.105. The van der Waals surface area contributed by atoms with E-state index in [0.717, 1.165) is 12.1 Å². The summed E-state index contributed by atoms with van der Waals surface area (Å²) in [5.41, 5.74) is 1.33. The lowest BCUT2D eigenvalue weighted by Crippen LogP contribution is -2.47. The van der Waals surface area contributed by atoms with Crippen molar-refractivity contribution in [3.8, 4) is 0 Å². The monoisotopic (exact) mass is 316 g/mol. The number of hydrogen-bond donors (Lipinski definition) is 1. The third-order valence-corrected chi connectivity index (χ3v) is 4.26. The molecule has 2 heterocycles. The minimum atomic E-state index is -1.00. The number of aryl methyl sites for hydroxylation is 1. The van der Waals surface area contributed by atoms with Crippen LogP contribution in [0.3, 0.4) is 0 Å². The SMILES string of the molecule is Cc1onc(CN2CCOC(C)(c3ccccc3)C2)c1C(=O)O. The van der Waals surface area contributed by atoms with Crippen molar-refractivity contribution < 1.29 is 19.2 Å². The number of benzene rings is 1. The molecule has 1 aromatic heterocycles. The zero-order valence-electron chi connectivity index (χ0n) is 13.3. The molecule has 1 atom stereocenters. The highest BCUT2D eigenvalue weighted by molar-refractivity contribution is 5.89. The highest BCUT2D eigenvalue weighted by Crippen LogP contribution is 2.30. The fourth-order valence-electron chi connectivity index (χ4n) is 3.06. The second-order valence-electron chi connectivity index (χ2n) is 6.02. The Bertz CT molecular complexity index is 698. The molecule has 0 aliphatic carbocycles. The van der Waals surface area contributed by atoms with Gasteiger partial charge in [-0.25, -0.2) is 4.79 Å². The van der Waals surface area contributed by atoms with Gasteiger partial charge in [0.1, 0.15) is 22.6 Å². The molecule has 6 nitrogen and oxygen atoms in total. The molecule has 1 aliphatic rings. The fraction of sp³-hybridized carbons (Fsp3) is 0.412. The van der Waals surface area contributed by atoms with E-state index in [1.165, 1.54) is 0 Å². The lowest BCUT2D eigenvalue weighted by atomic mass is 9.93. The van der Waals surface area contributed by atoms with Gasteiger partial charge in [-0.2, -0.15) is 0 Å². The largest absolute Gasteiger partial charge is 0.477 e. The van der Waals surface area contributed by atoms with Crippen molar-refractivity contribution in [3.05, 3.63) is 52.9 Å². The van der Waals surface area contributed by atoms with Crippen LogP contribution in [0.1, 0.15) is 34.3 Å². The number of morpholine rings is 1. The van der Waals surface area contributed by atoms with E-state index in [0.29, 0.717) is 31.2 Å². The molecule has 2 aromatic rings. The Labute approximate surface area is 134 Å². The van der Waals surface area contributed by atoms with E-state index in [1.54, 1.807) is 6.92 Å². The Hall–Kier alpha value is -2.18. The maximum atomic E-state index is 11.4. The molecular weight excluding hydrogens is 296 g/mol. The van der Waals surface area contributed by atoms with Crippen molar-refractivity contribution in [1.82, 2.24) is 10.1 Å². The average molecular weight is 316 g/mol. The minimum Gasteiger partial charge on any atom is -0.477 e. The Morgan fingerprint density at radius 3 is 2.83 bits per heavy atom. The summed E-state index contributed by atoms with van der Waals surface area (Å²) in [5.74, 6) is -0.663. The van der Waals surface area contributed by atoms with Gasteiger partial charge in [0.05, 0.1) is 6.61 Å². The summed E-state index contributed by atoms with van der Waals surface area (Å²) in [4.78, 5) is 13.5. The number of hydrogen-bond acceptors (Lipinski definition) is 5. The molecule has 0 bridgehead atoms. The van der Waals surface area contributed by atoms with Crippen molar-refractivity contribution in [2.45, 2.75) is 26.0 Å². The van der Waals surface area contributed by atoms with Gasteiger partial charge >= 0.3 is 5.97 Å². The van der Waals surface area contributed by atoms with Crippen LogP contribution in [0.4, 0.5) is 0 Å².